The lowest BCUT2D eigenvalue weighted by Crippen LogP contribution is -2.12. The van der Waals surface area contributed by atoms with Crippen LogP contribution in [0.1, 0.15) is 45.4 Å². The Hall–Kier alpha value is -2.28. The van der Waals surface area contributed by atoms with Crippen LogP contribution in [0.15, 0.2) is 42.5 Å². The molecule has 3 aromatic rings. The highest BCUT2D eigenvalue weighted by atomic mass is 35.5. The minimum atomic E-state index is -0.271. The number of nitrogens with zero attached hydrogens (tertiary/aromatic N) is 3. The summed E-state index contributed by atoms with van der Waals surface area (Å²) in [4.78, 5) is 16.1. The van der Waals surface area contributed by atoms with Crippen molar-refractivity contribution in [2.75, 3.05) is 17.8 Å². The molecule has 6 nitrogen and oxygen atoms in total. The molecule has 9 heteroatoms. The number of unbranched alkanes of at least 4 members (excludes halogenated alkanes) is 5. The molecule has 0 bridgehead atoms. The van der Waals surface area contributed by atoms with Crippen molar-refractivity contribution in [2.24, 2.45) is 0 Å². The van der Waals surface area contributed by atoms with Crippen LogP contribution in [-0.4, -0.2) is 33.2 Å². The van der Waals surface area contributed by atoms with Crippen molar-refractivity contribution in [3.8, 4) is 23.1 Å². The third-order valence-electron chi connectivity index (χ3n) is 5.01. The summed E-state index contributed by atoms with van der Waals surface area (Å²) in [6, 6.07) is 12.8. The molecule has 2 aromatic carbocycles. The Labute approximate surface area is 209 Å². The Balaban J connectivity index is 1.80. The summed E-state index contributed by atoms with van der Waals surface area (Å²) in [5.74, 6) is 0.196. The van der Waals surface area contributed by atoms with Gasteiger partial charge in [-0.3, -0.25) is 4.79 Å². The molecule has 3 rings (SSSR count). The van der Waals surface area contributed by atoms with Gasteiger partial charge in [0, 0.05) is 11.3 Å². The molecule has 0 fully saturated rings. The van der Waals surface area contributed by atoms with Crippen LogP contribution in [0.3, 0.4) is 0 Å². The summed E-state index contributed by atoms with van der Waals surface area (Å²) < 4.78 is 7.53. The first-order valence-electron chi connectivity index (χ1n) is 11.0. The van der Waals surface area contributed by atoms with Gasteiger partial charge in [0.15, 0.2) is 5.82 Å². The lowest BCUT2D eigenvalue weighted by molar-refractivity contribution is -0.113. The zero-order valence-electron chi connectivity index (χ0n) is 18.5. The molecule has 0 aliphatic rings. The molecule has 0 saturated carbocycles. The Morgan fingerprint density at radius 1 is 1.00 bits per heavy atom. The summed E-state index contributed by atoms with van der Waals surface area (Å²) in [6.07, 6.45) is 7.04. The molecule has 0 saturated heterocycles. The van der Waals surface area contributed by atoms with E-state index in [9.17, 15) is 4.79 Å². The third-order valence-corrected chi connectivity index (χ3v) is 5.99. The summed E-state index contributed by atoms with van der Waals surface area (Å²) in [5, 5.41) is 8.17. The van der Waals surface area contributed by atoms with Crippen LogP contribution in [0, 0.1) is 0 Å². The van der Waals surface area contributed by atoms with Crippen LogP contribution < -0.4 is 10.1 Å². The molecular weight excluding hydrogens is 483 g/mol. The van der Waals surface area contributed by atoms with Gasteiger partial charge in [-0.25, -0.2) is 4.68 Å². The second-order valence-electron chi connectivity index (χ2n) is 7.60. The maximum Gasteiger partial charge on any atom is 0.336 e. The fraction of sp³-hybridized carbons (Fsp3) is 0.375. The number of halogens is 3. The van der Waals surface area contributed by atoms with Crippen molar-refractivity contribution >= 4 is 46.4 Å². The molecule has 0 aliphatic carbocycles. The van der Waals surface area contributed by atoms with Gasteiger partial charge >= 0.3 is 6.01 Å². The van der Waals surface area contributed by atoms with E-state index >= 15 is 0 Å². The number of alkyl halides is 1. The van der Waals surface area contributed by atoms with Gasteiger partial charge in [-0.05, 0) is 48.9 Å². The average molecular weight is 510 g/mol. The number of carbonyl (C=O) groups excluding carboxylic acids is 1. The number of benzene rings is 2. The predicted octanol–water partition coefficient (Wildman–Crippen LogP) is 7.16. The molecule has 0 spiro atoms. The Morgan fingerprint density at radius 3 is 2.42 bits per heavy atom. The molecule has 0 unspecified atom stereocenters. The first kappa shape index (κ1) is 25.3. The van der Waals surface area contributed by atoms with Gasteiger partial charge in [-0.2, -0.15) is 4.98 Å². The van der Waals surface area contributed by atoms with Gasteiger partial charge in [0.1, 0.15) is 5.88 Å². The van der Waals surface area contributed by atoms with Crippen LogP contribution in [0.4, 0.5) is 5.69 Å². The average Bonchev–Trinajstić information content (AvgIpc) is 3.25. The molecule has 0 atom stereocenters. The molecular formula is C24H27Cl3N4O2. The zero-order chi connectivity index (χ0) is 23.6. The van der Waals surface area contributed by atoms with E-state index in [0.29, 0.717) is 34.2 Å². The van der Waals surface area contributed by atoms with E-state index in [0.717, 1.165) is 24.1 Å². The number of nitrogens with one attached hydrogen (secondary N) is 1. The van der Waals surface area contributed by atoms with Gasteiger partial charge < -0.3 is 10.1 Å². The molecule has 176 valence electrons. The molecule has 1 aromatic heterocycles. The van der Waals surface area contributed by atoms with Gasteiger partial charge in [0.2, 0.25) is 5.91 Å². The van der Waals surface area contributed by atoms with E-state index in [4.69, 9.17) is 39.5 Å². The standard InChI is InChI=1S/C24H27Cl3N4O2/c1-2-3-4-5-6-7-14-33-24-29-23(17-8-13-20(26)21(27)15-17)31(30-24)19-11-9-18(10-12-19)28-22(32)16-25/h8-13,15H,2-7,14,16H2,1H3,(H,28,32). The summed E-state index contributed by atoms with van der Waals surface area (Å²) in [7, 11) is 0. The molecule has 0 aliphatic heterocycles. The van der Waals surface area contributed by atoms with Gasteiger partial charge in [0.25, 0.3) is 0 Å². The third kappa shape index (κ3) is 7.36. The topological polar surface area (TPSA) is 69.0 Å². The molecule has 0 radical (unpaired) electrons. The normalized spacial score (nSPS) is 10.9. The second kappa shape index (κ2) is 12.8. The Kier molecular flexibility index (Phi) is 9.85. The SMILES string of the molecule is CCCCCCCCOc1nc(-c2ccc(Cl)c(Cl)c2)n(-c2ccc(NC(=O)CCl)cc2)n1. The monoisotopic (exact) mass is 508 g/mol. The van der Waals surface area contributed by atoms with Gasteiger partial charge in [-0.1, -0.05) is 62.2 Å². The van der Waals surface area contributed by atoms with Crippen molar-refractivity contribution in [1.82, 2.24) is 14.8 Å². The molecule has 33 heavy (non-hydrogen) atoms. The predicted molar refractivity (Wildman–Crippen MR) is 135 cm³/mol. The Bertz CT molecular complexity index is 1050. The van der Waals surface area contributed by atoms with Crippen LogP contribution >= 0.6 is 34.8 Å². The lowest BCUT2D eigenvalue weighted by atomic mass is 10.1. The van der Waals surface area contributed by atoms with Crippen molar-refractivity contribution in [1.29, 1.82) is 0 Å². The smallest absolute Gasteiger partial charge is 0.336 e. The first-order valence-corrected chi connectivity index (χ1v) is 12.3. The maximum absolute atomic E-state index is 11.5. The fourth-order valence-electron chi connectivity index (χ4n) is 3.28. The number of aromatic nitrogens is 3. The highest BCUT2D eigenvalue weighted by Crippen LogP contribution is 2.30. The van der Waals surface area contributed by atoms with Crippen LogP contribution in [0.25, 0.3) is 17.1 Å². The quantitative estimate of drug-likeness (QED) is 0.208. The fourth-order valence-corrected chi connectivity index (χ4v) is 3.65. The number of carbonyl (C=O) groups is 1. The minimum Gasteiger partial charge on any atom is -0.462 e. The Morgan fingerprint density at radius 2 is 1.73 bits per heavy atom. The highest BCUT2D eigenvalue weighted by molar-refractivity contribution is 6.42. The van der Waals surface area contributed by atoms with E-state index in [1.165, 1.54) is 25.7 Å². The van der Waals surface area contributed by atoms with Crippen molar-refractivity contribution in [3.05, 3.63) is 52.5 Å². The molecule has 1 N–H and O–H groups in total. The summed E-state index contributed by atoms with van der Waals surface area (Å²) in [5.41, 5.74) is 2.15. The molecule has 1 amide bonds. The first-order chi connectivity index (χ1) is 16.0. The summed E-state index contributed by atoms with van der Waals surface area (Å²) >= 11 is 17.9. The van der Waals surface area contributed by atoms with Crippen LogP contribution in [0.2, 0.25) is 10.0 Å². The number of ether oxygens (including phenoxy) is 1. The minimum absolute atomic E-state index is 0.106. The van der Waals surface area contributed by atoms with E-state index in [1.807, 2.05) is 18.2 Å². The van der Waals surface area contributed by atoms with Crippen molar-refractivity contribution in [3.63, 3.8) is 0 Å². The van der Waals surface area contributed by atoms with Crippen molar-refractivity contribution in [2.45, 2.75) is 45.4 Å². The van der Waals surface area contributed by atoms with Crippen molar-refractivity contribution < 1.29 is 9.53 Å². The number of rotatable bonds is 12. The van der Waals surface area contributed by atoms with E-state index < -0.39 is 0 Å². The largest absolute Gasteiger partial charge is 0.462 e. The number of hydrogen-bond acceptors (Lipinski definition) is 4. The number of amides is 1. The maximum atomic E-state index is 11.5. The lowest BCUT2D eigenvalue weighted by Gasteiger charge is -2.08. The zero-order valence-corrected chi connectivity index (χ0v) is 20.8. The van der Waals surface area contributed by atoms with Gasteiger partial charge in [0.05, 0.1) is 22.3 Å². The van der Waals surface area contributed by atoms with E-state index in [1.54, 1.807) is 28.9 Å². The van der Waals surface area contributed by atoms with Crippen LogP contribution in [-0.2, 0) is 4.79 Å². The number of hydrogen-bond donors (Lipinski definition) is 1. The van der Waals surface area contributed by atoms with Gasteiger partial charge in [-0.15, -0.1) is 16.7 Å². The second-order valence-corrected chi connectivity index (χ2v) is 8.69. The highest BCUT2D eigenvalue weighted by Gasteiger charge is 2.16. The molecule has 1 heterocycles. The van der Waals surface area contributed by atoms with Crippen LogP contribution in [0.5, 0.6) is 6.01 Å². The summed E-state index contributed by atoms with van der Waals surface area (Å²) in [6.45, 7) is 2.76. The van der Waals surface area contributed by atoms with E-state index in [2.05, 4.69) is 22.3 Å². The van der Waals surface area contributed by atoms with E-state index in [-0.39, 0.29) is 11.8 Å². The number of anilines is 1.